The molecule has 2 aromatic heterocycles. The van der Waals surface area contributed by atoms with Crippen molar-refractivity contribution < 1.29 is 65.4 Å². The normalized spacial score (nSPS) is 8.60. The van der Waals surface area contributed by atoms with E-state index in [1.807, 2.05) is 107 Å². The van der Waals surface area contributed by atoms with Crippen molar-refractivity contribution in [3.8, 4) is 0 Å². The van der Waals surface area contributed by atoms with Gasteiger partial charge in [-0.15, -0.1) is 71.4 Å². The largest absolute Gasteiger partial charge is 0.283 e. The zero-order valence-electron chi connectivity index (χ0n) is 23.3. The van der Waals surface area contributed by atoms with Crippen LogP contribution in [0, 0.1) is 24.3 Å². The Morgan fingerprint density at radius 1 is 0.525 bits per heavy atom. The van der Waals surface area contributed by atoms with Gasteiger partial charge in [0.15, 0.2) is 0 Å². The Hall–Kier alpha value is -2.63. The number of benzene rings is 5. The monoisotopic (exact) mass is 678 g/mol. The Kier molecular flexibility index (Phi) is 22.6. The second-order valence-electron chi connectivity index (χ2n) is 6.84. The predicted molar refractivity (Wildman–Crippen MR) is 156 cm³/mol. The van der Waals surface area contributed by atoms with Gasteiger partial charge in [-0.1, -0.05) is 50.3 Å². The number of hydrogen-bond donors (Lipinski definition) is 2. The number of hydrogen-bond acceptors (Lipinski definition) is 4. The Bertz CT molecular complexity index is 1320. The summed E-state index contributed by atoms with van der Waals surface area (Å²) in [6.45, 7) is 8.00. The Labute approximate surface area is 287 Å². The summed E-state index contributed by atoms with van der Waals surface area (Å²) in [5.41, 5.74) is 3.62. The van der Waals surface area contributed by atoms with Crippen LogP contribution in [0.3, 0.4) is 0 Å². The standard InChI is InChI=1S/C10H7.2C6H4N3.C6H5.2C2H6.2Y/c1-2-6-10-8-4-3-7-9(10)5-1;2*1-2-4-6-5(3-1)7-9-8-6;1-2-4-6-5-3-1;2*1-2;;/h1-7H;2*1,3-4H,(H,7,8,9);1-5H;2*1-2H3;;/q4*-1;;;;. The maximum atomic E-state index is 3.78. The van der Waals surface area contributed by atoms with E-state index in [9.17, 15) is 0 Å². The second-order valence-corrected chi connectivity index (χ2v) is 6.84. The summed E-state index contributed by atoms with van der Waals surface area (Å²) < 4.78 is 0. The van der Waals surface area contributed by atoms with E-state index in [-0.39, 0.29) is 65.4 Å². The van der Waals surface area contributed by atoms with Crippen LogP contribution in [0.4, 0.5) is 0 Å². The maximum Gasteiger partial charge on any atom is 0.00107 e. The van der Waals surface area contributed by atoms with Crippen LogP contribution in [0.15, 0.2) is 109 Å². The molecule has 40 heavy (non-hydrogen) atoms. The third-order valence-electron chi connectivity index (χ3n) is 4.52. The van der Waals surface area contributed by atoms with Gasteiger partial charge in [0.25, 0.3) is 0 Å². The molecule has 0 aliphatic heterocycles. The first-order chi connectivity index (χ1) is 18.9. The van der Waals surface area contributed by atoms with E-state index in [4.69, 9.17) is 0 Å². The molecule has 0 amide bonds. The molecule has 6 nitrogen and oxygen atoms in total. The van der Waals surface area contributed by atoms with Gasteiger partial charge in [0.1, 0.15) is 0 Å². The summed E-state index contributed by atoms with van der Waals surface area (Å²) in [6.07, 6.45) is 0. The first-order valence-corrected chi connectivity index (χ1v) is 12.5. The summed E-state index contributed by atoms with van der Waals surface area (Å²) in [4.78, 5) is 0. The van der Waals surface area contributed by atoms with Gasteiger partial charge in [-0.3, -0.25) is 10.2 Å². The molecule has 2 radical (unpaired) electrons. The SMILES string of the molecule is CC.CC.[Y].[Y].[c-]1ccc2[nH]nnc2c1.[c-]1ccc2[nH]nnc2c1.[c-]1cccc2ccccc12.[c-]1ccccc1. The van der Waals surface area contributed by atoms with Crippen LogP contribution in [-0.2, 0) is 65.4 Å². The van der Waals surface area contributed by atoms with Gasteiger partial charge in [0.05, 0.1) is 0 Å². The fourth-order valence-corrected chi connectivity index (χ4v) is 2.87. The van der Waals surface area contributed by atoms with Gasteiger partial charge in [0.2, 0.25) is 0 Å². The van der Waals surface area contributed by atoms with Gasteiger partial charge >= 0.3 is 0 Å². The van der Waals surface area contributed by atoms with Crippen LogP contribution in [-0.4, -0.2) is 30.8 Å². The van der Waals surface area contributed by atoms with Crippen LogP contribution in [0.2, 0.25) is 0 Å². The van der Waals surface area contributed by atoms with Crippen LogP contribution < -0.4 is 0 Å². The molecular weight excluding hydrogens is 646 g/mol. The fourth-order valence-electron chi connectivity index (χ4n) is 2.87. The van der Waals surface area contributed by atoms with Crippen LogP contribution in [0.5, 0.6) is 0 Å². The molecule has 0 saturated carbocycles. The number of H-pyrrole nitrogens is 2. The fraction of sp³-hybridized carbons (Fsp3) is 0.125. The molecule has 0 fully saturated rings. The summed E-state index contributed by atoms with van der Waals surface area (Å²) in [7, 11) is 0. The van der Waals surface area contributed by atoms with Crippen LogP contribution in [0.1, 0.15) is 27.7 Å². The van der Waals surface area contributed by atoms with Gasteiger partial charge in [0, 0.05) is 76.5 Å². The number of aromatic amines is 2. The van der Waals surface area contributed by atoms with Crippen molar-refractivity contribution in [2.75, 3.05) is 0 Å². The van der Waals surface area contributed by atoms with Gasteiger partial charge in [-0.2, -0.15) is 70.9 Å². The first-order valence-electron chi connectivity index (χ1n) is 12.5. The van der Waals surface area contributed by atoms with Crippen molar-refractivity contribution in [2.45, 2.75) is 27.7 Å². The van der Waals surface area contributed by atoms with E-state index in [0.717, 1.165) is 22.1 Å². The van der Waals surface area contributed by atoms with Crippen molar-refractivity contribution in [3.05, 3.63) is 133 Å². The van der Waals surface area contributed by atoms with Crippen molar-refractivity contribution in [1.82, 2.24) is 30.8 Å². The quantitative estimate of drug-likeness (QED) is 0.161. The first kappa shape index (κ1) is 37.4. The van der Waals surface area contributed by atoms with E-state index >= 15 is 0 Å². The molecule has 0 spiro atoms. The number of fused-ring (bicyclic) bond motifs is 3. The molecule has 5 aromatic carbocycles. The molecule has 0 aliphatic rings. The average Bonchev–Trinajstić information content (AvgIpc) is 3.71. The van der Waals surface area contributed by atoms with E-state index in [0.29, 0.717) is 0 Å². The van der Waals surface area contributed by atoms with Gasteiger partial charge in [-0.25, -0.2) is 0 Å². The third-order valence-corrected chi connectivity index (χ3v) is 4.52. The zero-order valence-corrected chi connectivity index (χ0v) is 29.0. The van der Waals surface area contributed by atoms with Crippen molar-refractivity contribution >= 4 is 32.8 Å². The summed E-state index contributed by atoms with van der Waals surface area (Å²) in [5, 5.41) is 22.7. The van der Waals surface area contributed by atoms with Gasteiger partial charge < -0.3 is 0 Å². The number of nitrogens with one attached hydrogen (secondary N) is 2. The number of rotatable bonds is 0. The predicted octanol–water partition coefficient (Wildman–Crippen LogP) is 7.69. The number of aromatic nitrogens is 6. The van der Waals surface area contributed by atoms with E-state index in [1.54, 1.807) is 12.1 Å². The van der Waals surface area contributed by atoms with Crippen LogP contribution >= 0.6 is 0 Å². The molecular formula is C32H32N6Y2-4. The third kappa shape index (κ3) is 13.6. The summed E-state index contributed by atoms with van der Waals surface area (Å²) in [5.74, 6) is 0. The number of nitrogens with zero attached hydrogens (tertiary/aromatic N) is 4. The average molecular weight is 678 g/mol. The summed E-state index contributed by atoms with van der Waals surface area (Å²) in [6, 6.07) is 46.7. The molecule has 2 heterocycles. The van der Waals surface area contributed by atoms with Crippen LogP contribution in [0.25, 0.3) is 32.8 Å². The second kappa shape index (κ2) is 24.2. The molecule has 8 heteroatoms. The molecule has 200 valence electrons. The Morgan fingerprint density at radius 3 is 1.50 bits per heavy atom. The molecule has 0 atom stereocenters. The molecule has 0 bridgehead atoms. The van der Waals surface area contributed by atoms with Crippen molar-refractivity contribution in [3.63, 3.8) is 0 Å². The zero-order chi connectivity index (χ0) is 27.3. The topological polar surface area (TPSA) is 83.1 Å². The summed E-state index contributed by atoms with van der Waals surface area (Å²) >= 11 is 0. The van der Waals surface area contributed by atoms with Crippen molar-refractivity contribution in [1.29, 1.82) is 0 Å². The molecule has 0 unspecified atom stereocenters. The van der Waals surface area contributed by atoms with E-state index < -0.39 is 0 Å². The van der Waals surface area contributed by atoms with E-state index in [2.05, 4.69) is 73.3 Å². The molecule has 7 rings (SSSR count). The Morgan fingerprint density at radius 2 is 1.05 bits per heavy atom. The minimum atomic E-state index is 0. The molecule has 2 N–H and O–H groups in total. The molecule has 0 aliphatic carbocycles. The van der Waals surface area contributed by atoms with Crippen molar-refractivity contribution in [2.24, 2.45) is 0 Å². The molecule has 7 aromatic rings. The molecule has 0 saturated heterocycles. The maximum absolute atomic E-state index is 3.78. The minimum absolute atomic E-state index is 0. The minimum Gasteiger partial charge on any atom is -0.283 e. The Balaban J connectivity index is 0.000000484. The van der Waals surface area contributed by atoms with E-state index in [1.165, 1.54) is 10.8 Å². The van der Waals surface area contributed by atoms with Gasteiger partial charge in [-0.05, 0) is 11.0 Å². The smallest absolute Gasteiger partial charge is 0.00107 e.